The highest BCUT2D eigenvalue weighted by Gasteiger charge is 2.21. The van der Waals surface area contributed by atoms with Crippen LogP contribution in [0.3, 0.4) is 0 Å². The molecular weight excluding hydrogens is 214 g/mol. The summed E-state index contributed by atoms with van der Waals surface area (Å²) in [5, 5.41) is 14.9. The molecule has 1 atom stereocenters. The third-order valence-electron chi connectivity index (χ3n) is 2.97. The lowest BCUT2D eigenvalue weighted by atomic mass is 10.0. The van der Waals surface area contributed by atoms with Gasteiger partial charge in [0, 0.05) is 12.2 Å². The van der Waals surface area contributed by atoms with Gasteiger partial charge in [0.2, 0.25) is 5.91 Å². The zero-order valence-corrected chi connectivity index (χ0v) is 9.79. The van der Waals surface area contributed by atoms with E-state index >= 15 is 0 Å². The molecule has 17 heavy (non-hydrogen) atoms. The zero-order chi connectivity index (χ0) is 12.3. The Morgan fingerprint density at radius 2 is 2.35 bits per heavy atom. The van der Waals surface area contributed by atoms with Gasteiger partial charge in [-0.05, 0) is 43.5 Å². The molecule has 88 valence electrons. The topological polar surface area (TPSA) is 64.9 Å². The van der Waals surface area contributed by atoms with E-state index in [0.717, 1.165) is 30.6 Å². The van der Waals surface area contributed by atoms with Crippen molar-refractivity contribution in [2.24, 2.45) is 0 Å². The summed E-state index contributed by atoms with van der Waals surface area (Å²) >= 11 is 0. The predicted octanol–water partition coefficient (Wildman–Crippen LogP) is 1.56. The average molecular weight is 229 g/mol. The van der Waals surface area contributed by atoms with E-state index in [9.17, 15) is 4.79 Å². The lowest BCUT2D eigenvalue weighted by Crippen LogP contribution is -2.44. The van der Waals surface area contributed by atoms with Gasteiger partial charge in [0.15, 0.2) is 0 Å². The van der Waals surface area contributed by atoms with Gasteiger partial charge in [-0.25, -0.2) is 0 Å². The Balaban J connectivity index is 2.13. The molecule has 4 heteroatoms. The lowest BCUT2D eigenvalue weighted by molar-refractivity contribution is -0.123. The minimum atomic E-state index is -0.157. The third kappa shape index (κ3) is 2.56. The number of anilines is 1. The molecular formula is C13H15N3O. The van der Waals surface area contributed by atoms with Crippen LogP contribution in [0.2, 0.25) is 0 Å². The summed E-state index contributed by atoms with van der Waals surface area (Å²) < 4.78 is 0. The first-order valence-corrected chi connectivity index (χ1v) is 5.75. The van der Waals surface area contributed by atoms with Crippen LogP contribution < -0.4 is 10.6 Å². The maximum absolute atomic E-state index is 11.6. The SMILES string of the molecule is Cc1cc(C#N)ccc1NC1CCCNC1=O. The molecule has 1 aliphatic heterocycles. The molecule has 1 unspecified atom stereocenters. The number of rotatable bonds is 2. The molecule has 1 fully saturated rings. The smallest absolute Gasteiger partial charge is 0.242 e. The van der Waals surface area contributed by atoms with Crippen molar-refractivity contribution in [3.63, 3.8) is 0 Å². The molecule has 0 bridgehead atoms. The summed E-state index contributed by atoms with van der Waals surface area (Å²) in [6.07, 6.45) is 1.85. The average Bonchev–Trinajstić information content (AvgIpc) is 2.34. The zero-order valence-electron chi connectivity index (χ0n) is 9.79. The van der Waals surface area contributed by atoms with Gasteiger partial charge in [-0.3, -0.25) is 4.79 Å². The van der Waals surface area contributed by atoms with Crippen molar-refractivity contribution >= 4 is 11.6 Å². The molecule has 1 amide bonds. The number of aryl methyl sites for hydroxylation is 1. The van der Waals surface area contributed by atoms with Crippen molar-refractivity contribution in [3.05, 3.63) is 29.3 Å². The van der Waals surface area contributed by atoms with E-state index in [1.54, 1.807) is 6.07 Å². The fraction of sp³-hybridized carbons (Fsp3) is 0.385. The van der Waals surface area contributed by atoms with E-state index < -0.39 is 0 Å². The summed E-state index contributed by atoms with van der Waals surface area (Å²) in [5.41, 5.74) is 2.55. The highest BCUT2D eigenvalue weighted by Crippen LogP contribution is 2.19. The summed E-state index contributed by atoms with van der Waals surface area (Å²) in [7, 11) is 0. The number of benzene rings is 1. The third-order valence-corrected chi connectivity index (χ3v) is 2.97. The van der Waals surface area contributed by atoms with Crippen LogP contribution >= 0.6 is 0 Å². The number of nitriles is 1. The Hall–Kier alpha value is -2.02. The minimum Gasteiger partial charge on any atom is -0.373 e. The fourth-order valence-corrected chi connectivity index (χ4v) is 1.99. The van der Waals surface area contributed by atoms with E-state index in [2.05, 4.69) is 16.7 Å². The predicted molar refractivity (Wildman–Crippen MR) is 65.5 cm³/mol. The molecule has 4 nitrogen and oxygen atoms in total. The Labute approximate surface area is 101 Å². The van der Waals surface area contributed by atoms with Crippen LogP contribution in [0.25, 0.3) is 0 Å². The van der Waals surface area contributed by atoms with Crippen LogP contribution in [0, 0.1) is 18.3 Å². The molecule has 2 N–H and O–H groups in total. The second kappa shape index (κ2) is 4.88. The first kappa shape index (κ1) is 11.5. The van der Waals surface area contributed by atoms with Gasteiger partial charge in [0.1, 0.15) is 6.04 Å². The van der Waals surface area contributed by atoms with Gasteiger partial charge in [-0.2, -0.15) is 5.26 Å². The molecule has 0 aromatic heterocycles. The normalized spacial score (nSPS) is 19.3. The van der Waals surface area contributed by atoms with E-state index in [4.69, 9.17) is 5.26 Å². The van der Waals surface area contributed by atoms with Crippen molar-refractivity contribution in [2.45, 2.75) is 25.8 Å². The molecule has 0 saturated carbocycles. The second-order valence-corrected chi connectivity index (χ2v) is 4.27. The molecule has 1 aromatic rings. The van der Waals surface area contributed by atoms with Gasteiger partial charge in [0.25, 0.3) is 0 Å². The summed E-state index contributed by atoms with van der Waals surface area (Å²) in [6, 6.07) is 7.38. The Morgan fingerprint density at radius 1 is 1.53 bits per heavy atom. The van der Waals surface area contributed by atoms with Crippen molar-refractivity contribution in [3.8, 4) is 6.07 Å². The number of amides is 1. The van der Waals surface area contributed by atoms with Gasteiger partial charge < -0.3 is 10.6 Å². The van der Waals surface area contributed by atoms with Gasteiger partial charge in [0.05, 0.1) is 11.6 Å². The maximum Gasteiger partial charge on any atom is 0.242 e. The van der Waals surface area contributed by atoms with E-state index in [1.807, 2.05) is 19.1 Å². The van der Waals surface area contributed by atoms with E-state index in [-0.39, 0.29) is 11.9 Å². The van der Waals surface area contributed by atoms with Crippen LogP contribution in [-0.4, -0.2) is 18.5 Å². The molecule has 0 aliphatic carbocycles. The summed E-state index contributed by atoms with van der Waals surface area (Å²) in [4.78, 5) is 11.6. The minimum absolute atomic E-state index is 0.0556. The first-order chi connectivity index (χ1) is 8.20. The van der Waals surface area contributed by atoms with E-state index in [0.29, 0.717) is 5.56 Å². The number of nitrogens with one attached hydrogen (secondary N) is 2. The van der Waals surface area contributed by atoms with E-state index in [1.165, 1.54) is 0 Å². The molecule has 1 heterocycles. The number of carbonyl (C=O) groups is 1. The number of carbonyl (C=O) groups excluding carboxylic acids is 1. The largest absolute Gasteiger partial charge is 0.373 e. The lowest BCUT2D eigenvalue weighted by Gasteiger charge is -2.24. The second-order valence-electron chi connectivity index (χ2n) is 4.27. The van der Waals surface area contributed by atoms with Crippen LogP contribution in [0.4, 0.5) is 5.69 Å². The van der Waals surface area contributed by atoms with Crippen molar-refractivity contribution in [1.29, 1.82) is 5.26 Å². The van der Waals surface area contributed by atoms with Crippen LogP contribution in [-0.2, 0) is 4.79 Å². The molecule has 0 spiro atoms. The van der Waals surface area contributed by atoms with Crippen LogP contribution in [0.15, 0.2) is 18.2 Å². The summed E-state index contributed by atoms with van der Waals surface area (Å²) in [5.74, 6) is 0.0556. The van der Waals surface area contributed by atoms with Crippen molar-refractivity contribution < 1.29 is 4.79 Å². The van der Waals surface area contributed by atoms with Gasteiger partial charge >= 0.3 is 0 Å². The Bertz CT molecular complexity index is 476. The number of hydrogen-bond donors (Lipinski definition) is 2. The molecule has 1 aromatic carbocycles. The molecule has 1 aliphatic rings. The highest BCUT2D eigenvalue weighted by molar-refractivity contribution is 5.85. The Morgan fingerprint density at radius 3 is 3.00 bits per heavy atom. The highest BCUT2D eigenvalue weighted by atomic mass is 16.2. The van der Waals surface area contributed by atoms with Crippen LogP contribution in [0.5, 0.6) is 0 Å². The quantitative estimate of drug-likeness (QED) is 0.808. The molecule has 1 saturated heterocycles. The molecule has 0 radical (unpaired) electrons. The first-order valence-electron chi connectivity index (χ1n) is 5.75. The number of hydrogen-bond acceptors (Lipinski definition) is 3. The maximum atomic E-state index is 11.6. The Kier molecular flexibility index (Phi) is 3.29. The standard InChI is InChI=1S/C13H15N3O/c1-9-7-10(8-14)4-5-11(9)16-12-3-2-6-15-13(12)17/h4-5,7,12,16H,2-3,6H2,1H3,(H,15,17). The van der Waals surface area contributed by atoms with Crippen LogP contribution in [0.1, 0.15) is 24.0 Å². The van der Waals surface area contributed by atoms with Gasteiger partial charge in [-0.1, -0.05) is 0 Å². The van der Waals surface area contributed by atoms with Crippen molar-refractivity contribution in [1.82, 2.24) is 5.32 Å². The van der Waals surface area contributed by atoms with Gasteiger partial charge in [-0.15, -0.1) is 0 Å². The number of nitrogens with zero attached hydrogens (tertiary/aromatic N) is 1. The fourth-order valence-electron chi connectivity index (χ4n) is 1.99. The monoisotopic (exact) mass is 229 g/mol. The molecule has 2 rings (SSSR count). The number of piperidine rings is 1. The van der Waals surface area contributed by atoms with Crippen molar-refractivity contribution in [2.75, 3.05) is 11.9 Å². The summed E-state index contributed by atoms with van der Waals surface area (Å²) in [6.45, 7) is 2.70.